The second-order valence-corrected chi connectivity index (χ2v) is 6.00. The zero-order chi connectivity index (χ0) is 15.9. The molecule has 2 heterocycles. The summed E-state index contributed by atoms with van der Waals surface area (Å²) in [5.74, 6) is 0. The van der Waals surface area contributed by atoms with Gasteiger partial charge in [-0.25, -0.2) is 4.79 Å². The van der Waals surface area contributed by atoms with Crippen molar-refractivity contribution >= 4 is 11.7 Å². The zero-order valence-electron chi connectivity index (χ0n) is 13.3. The van der Waals surface area contributed by atoms with Crippen molar-refractivity contribution in [1.29, 1.82) is 0 Å². The van der Waals surface area contributed by atoms with Crippen LogP contribution in [0.2, 0.25) is 0 Å². The first-order valence-electron chi connectivity index (χ1n) is 8.35. The predicted octanol–water partition coefficient (Wildman–Crippen LogP) is 4.10. The maximum atomic E-state index is 12.6. The van der Waals surface area contributed by atoms with E-state index in [1.54, 1.807) is 0 Å². The maximum Gasteiger partial charge on any atom is 0.322 e. The van der Waals surface area contributed by atoms with Gasteiger partial charge in [-0.3, -0.25) is 4.98 Å². The van der Waals surface area contributed by atoms with Crippen LogP contribution in [0.15, 0.2) is 54.7 Å². The molecule has 1 saturated heterocycles. The summed E-state index contributed by atoms with van der Waals surface area (Å²) in [6, 6.07) is 16.0. The van der Waals surface area contributed by atoms with Crippen molar-refractivity contribution in [3.05, 3.63) is 60.4 Å². The number of anilines is 1. The fourth-order valence-electron chi connectivity index (χ4n) is 3.15. The molecule has 1 atom stereocenters. The molecule has 2 aromatic rings. The number of nitrogens with zero attached hydrogens (tertiary/aromatic N) is 2. The van der Waals surface area contributed by atoms with Crippen molar-refractivity contribution in [2.45, 2.75) is 38.1 Å². The van der Waals surface area contributed by atoms with Gasteiger partial charge >= 0.3 is 6.03 Å². The number of nitrogens with one attached hydrogen (secondary N) is 1. The molecule has 3 rings (SSSR count). The van der Waals surface area contributed by atoms with E-state index >= 15 is 0 Å². The van der Waals surface area contributed by atoms with Gasteiger partial charge in [0.2, 0.25) is 0 Å². The number of carbonyl (C=O) groups excluding carboxylic acids is 1. The van der Waals surface area contributed by atoms with E-state index in [1.807, 2.05) is 53.6 Å². The number of aryl methyl sites for hydroxylation is 1. The van der Waals surface area contributed by atoms with Crippen LogP contribution in [0.1, 0.15) is 31.4 Å². The molecule has 1 aromatic carbocycles. The summed E-state index contributed by atoms with van der Waals surface area (Å²) in [6.45, 7) is 0.839. The smallest absolute Gasteiger partial charge is 0.322 e. The lowest BCUT2D eigenvalue weighted by Crippen LogP contribution is -2.46. The minimum Gasteiger partial charge on any atom is -0.322 e. The van der Waals surface area contributed by atoms with Crippen molar-refractivity contribution in [1.82, 2.24) is 9.88 Å². The van der Waals surface area contributed by atoms with E-state index in [1.165, 1.54) is 6.42 Å². The molecule has 1 unspecified atom stereocenters. The largest absolute Gasteiger partial charge is 0.322 e. The number of urea groups is 1. The van der Waals surface area contributed by atoms with Gasteiger partial charge in [0.1, 0.15) is 0 Å². The van der Waals surface area contributed by atoms with Crippen LogP contribution in [0, 0.1) is 0 Å². The number of benzene rings is 1. The predicted molar refractivity (Wildman–Crippen MR) is 92.4 cm³/mol. The minimum absolute atomic E-state index is 0.0157. The number of carbonyl (C=O) groups is 1. The van der Waals surface area contributed by atoms with E-state index in [2.05, 4.69) is 16.4 Å². The molecule has 23 heavy (non-hydrogen) atoms. The van der Waals surface area contributed by atoms with Crippen molar-refractivity contribution < 1.29 is 4.79 Å². The Bertz CT molecular complexity index is 615. The third kappa shape index (κ3) is 4.31. The van der Waals surface area contributed by atoms with Gasteiger partial charge in [-0.2, -0.15) is 0 Å². The van der Waals surface area contributed by atoms with Gasteiger partial charge in [-0.1, -0.05) is 24.3 Å². The molecule has 4 heteroatoms. The number of hydrogen-bond donors (Lipinski definition) is 1. The first kappa shape index (κ1) is 15.5. The Balaban J connectivity index is 1.60. The lowest BCUT2D eigenvalue weighted by molar-refractivity contribution is 0.158. The Morgan fingerprint density at radius 3 is 2.74 bits per heavy atom. The third-order valence-electron chi connectivity index (χ3n) is 4.37. The van der Waals surface area contributed by atoms with Crippen molar-refractivity contribution in [3.63, 3.8) is 0 Å². The topological polar surface area (TPSA) is 45.2 Å². The van der Waals surface area contributed by atoms with Crippen molar-refractivity contribution in [3.8, 4) is 0 Å². The zero-order valence-corrected chi connectivity index (χ0v) is 13.3. The molecule has 0 saturated carbocycles. The van der Waals surface area contributed by atoms with Crippen LogP contribution < -0.4 is 5.32 Å². The molecule has 1 aromatic heterocycles. The van der Waals surface area contributed by atoms with Crippen LogP contribution >= 0.6 is 0 Å². The number of piperidine rings is 1. The number of rotatable bonds is 4. The molecular weight excluding hydrogens is 286 g/mol. The maximum absolute atomic E-state index is 12.6. The number of pyridine rings is 1. The molecular formula is C19H23N3O. The molecule has 1 fully saturated rings. The highest BCUT2D eigenvalue weighted by Crippen LogP contribution is 2.22. The number of amides is 2. The lowest BCUT2D eigenvalue weighted by Gasteiger charge is -2.35. The van der Waals surface area contributed by atoms with Crippen LogP contribution in [0.4, 0.5) is 10.5 Å². The lowest BCUT2D eigenvalue weighted by atomic mass is 9.97. The minimum atomic E-state index is 0.0157. The first-order chi connectivity index (χ1) is 11.3. The van der Waals surface area contributed by atoms with Gasteiger partial charge < -0.3 is 10.2 Å². The van der Waals surface area contributed by atoms with Crippen LogP contribution in [-0.2, 0) is 6.42 Å². The van der Waals surface area contributed by atoms with Gasteiger partial charge in [0, 0.05) is 30.2 Å². The van der Waals surface area contributed by atoms with E-state index in [-0.39, 0.29) is 6.03 Å². The van der Waals surface area contributed by atoms with Gasteiger partial charge in [0.05, 0.1) is 0 Å². The van der Waals surface area contributed by atoms with Crippen LogP contribution in [-0.4, -0.2) is 28.5 Å². The molecule has 0 radical (unpaired) electrons. The molecule has 1 N–H and O–H groups in total. The van der Waals surface area contributed by atoms with E-state index in [0.29, 0.717) is 6.04 Å². The van der Waals surface area contributed by atoms with Crippen molar-refractivity contribution in [2.75, 3.05) is 11.9 Å². The molecule has 2 amide bonds. The molecule has 120 valence electrons. The summed E-state index contributed by atoms with van der Waals surface area (Å²) in [4.78, 5) is 19.0. The highest BCUT2D eigenvalue weighted by atomic mass is 16.2. The summed E-state index contributed by atoms with van der Waals surface area (Å²) in [6.07, 6.45) is 7.08. The fourth-order valence-corrected chi connectivity index (χ4v) is 3.15. The summed E-state index contributed by atoms with van der Waals surface area (Å²) in [7, 11) is 0. The van der Waals surface area contributed by atoms with E-state index in [4.69, 9.17) is 0 Å². The average Bonchev–Trinajstić information content (AvgIpc) is 2.62. The Kier molecular flexibility index (Phi) is 5.25. The third-order valence-corrected chi connectivity index (χ3v) is 4.37. The molecule has 0 aliphatic carbocycles. The van der Waals surface area contributed by atoms with E-state index in [0.717, 1.165) is 43.6 Å². The highest BCUT2D eigenvalue weighted by molar-refractivity contribution is 5.89. The standard InChI is InChI=1S/C19H23N3O/c23-19(21-17-9-2-1-3-10-17)22-15-7-5-11-18(22)13-12-16-8-4-6-14-20-16/h1-4,6,8-10,14,18H,5,7,11-13,15H2,(H,21,23). The normalized spacial score (nSPS) is 17.7. The average molecular weight is 309 g/mol. The van der Waals surface area contributed by atoms with Gasteiger partial charge in [0.25, 0.3) is 0 Å². The summed E-state index contributed by atoms with van der Waals surface area (Å²) in [5.41, 5.74) is 1.95. The summed E-state index contributed by atoms with van der Waals surface area (Å²) in [5, 5.41) is 3.01. The number of para-hydroxylation sites is 1. The second-order valence-electron chi connectivity index (χ2n) is 6.00. The van der Waals surface area contributed by atoms with Crippen LogP contribution in [0.3, 0.4) is 0 Å². The van der Waals surface area contributed by atoms with E-state index < -0.39 is 0 Å². The Hall–Kier alpha value is -2.36. The number of aromatic nitrogens is 1. The van der Waals surface area contributed by atoms with E-state index in [9.17, 15) is 4.79 Å². The van der Waals surface area contributed by atoms with Gasteiger partial charge in [-0.15, -0.1) is 0 Å². The quantitative estimate of drug-likeness (QED) is 0.924. The highest BCUT2D eigenvalue weighted by Gasteiger charge is 2.26. The van der Waals surface area contributed by atoms with Crippen molar-refractivity contribution in [2.24, 2.45) is 0 Å². The molecule has 1 aliphatic rings. The molecule has 0 bridgehead atoms. The second kappa shape index (κ2) is 7.77. The Labute approximate surface area is 137 Å². The number of hydrogen-bond acceptors (Lipinski definition) is 2. The number of likely N-dealkylation sites (tertiary alicyclic amines) is 1. The Morgan fingerprint density at radius 2 is 1.96 bits per heavy atom. The van der Waals surface area contributed by atoms with Crippen LogP contribution in [0.25, 0.3) is 0 Å². The summed E-state index contributed by atoms with van der Waals surface area (Å²) < 4.78 is 0. The molecule has 0 spiro atoms. The fraction of sp³-hybridized carbons (Fsp3) is 0.368. The van der Waals surface area contributed by atoms with Gasteiger partial charge in [-0.05, 0) is 56.4 Å². The molecule has 4 nitrogen and oxygen atoms in total. The monoisotopic (exact) mass is 309 g/mol. The summed E-state index contributed by atoms with van der Waals surface area (Å²) >= 11 is 0. The SMILES string of the molecule is O=C(Nc1ccccc1)N1CCCCC1CCc1ccccn1. The van der Waals surface area contributed by atoms with Crippen LogP contribution in [0.5, 0.6) is 0 Å². The Morgan fingerprint density at radius 1 is 1.13 bits per heavy atom. The first-order valence-corrected chi connectivity index (χ1v) is 8.35. The van der Waals surface area contributed by atoms with Gasteiger partial charge in [0.15, 0.2) is 0 Å². The molecule has 1 aliphatic heterocycles.